The van der Waals surface area contributed by atoms with Crippen molar-refractivity contribution in [3.05, 3.63) is 0 Å². The first-order valence-corrected chi connectivity index (χ1v) is 5.64. The monoisotopic (exact) mass is 227 g/mol. The maximum atomic E-state index is 12.2. The van der Waals surface area contributed by atoms with Crippen molar-refractivity contribution < 1.29 is 19.1 Å². The highest BCUT2D eigenvalue weighted by atomic mass is 16.5. The fraction of sp³-hybridized carbons (Fsp3) is 0.818. The number of hydrogen-bond donors (Lipinski definition) is 0. The number of nitrogens with zero attached hydrogens (tertiary/aromatic N) is 1. The third-order valence-corrected chi connectivity index (χ3v) is 3.19. The lowest BCUT2D eigenvalue weighted by atomic mass is 10.00. The van der Waals surface area contributed by atoms with Gasteiger partial charge >= 0.3 is 5.97 Å². The molecule has 2 aliphatic heterocycles. The molecule has 5 heteroatoms. The van der Waals surface area contributed by atoms with E-state index in [1.54, 1.807) is 18.7 Å². The lowest BCUT2D eigenvalue weighted by molar-refractivity contribution is -0.175. The topological polar surface area (TPSA) is 55.8 Å². The Morgan fingerprint density at radius 2 is 2.19 bits per heavy atom. The molecule has 2 heterocycles. The summed E-state index contributed by atoms with van der Waals surface area (Å²) < 4.78 is 10.3. The van der Waals surface area contributed by atoms with Gasteiger partial charge in [0.2, 0.25) is 0 Å². The van der Waals surface area contributed by atoms with Gasteiger partial charge in [0.15, 0.2) is 0 Å². The summed E-state index contributed by atoms with van der Waals surface area (Å²) in [6.07, 6.45) is 1.29. The Hall–Kier alpha value is -1.10. The lowest BCUT2D eigenvalue weighted by Crippen LogP contribution is -2.60. The molecule has 0 aromatic heterocycles. The van der Waals surface area contributed by atoms with E-state index in [0.717, 1.165) is 12.8 Å². The third-order valence-electron chi connectivity index (χ3n) is 3.19. The van der Waals surface area contributed by atoms with Crippen LogP contribution in [0.4, 0.5) is 0 Å². The molecule has 0 unspecified atom stereocenters. The highest BCUT2D eigenvalue weighted by Gasteiger charge is 2.44. The number of hydrogen-bond acceptors (Lipinski definition) is 4. The summed E-state index contributed by atoms with van der Waals surface area (Å²) in [5.74, 6) is -0.427. The average molecular weight is 227 g/mol. The highest BCUT2D eigenvalue weighted by molar-refractivity contribution is 5.90. The van der Waals surface area contributed by atoms with E-state index in [0.29, 0.717) is 13.2 Å². The van der Waals surface area contributed by atoms with Crippen LogP contribution in [-0.4, -0.2) is 48.2 Å². The van der Waals surface area contributed by atoms with Crippen molar-refractivity contribution in [3.8, 4) is 0 Å². The quantitative estimate of drug-likeness (QED) is 0.606. The maximum absolute atomic E-state index is 12.2. The van der Waals surface area contributed by atoms with E-state index in [9.17, 15) is 9.59 Å². The van der Waals surface area contributed by atoms with Crippen LogP contribution in [0.25, 0.3) is 0 Å². The zero-order valence-electron chi connectivity index (χ0n) is 9.69. The van der Waals surface area contributed by atoms with Gasteiger partial charge in [0.05, 0.1) is 6.54 Å². The van der Waals surface area contributed by atoms with Gasteiger partial charge in [-0.1, -0.05) is 0 Å². The van der Waals surface area contributed by atoms with Crippen LogP contribution in [-0.2, 0) is 19.1 Å². The average Bonchev–Trinajstić information content (AvgIpc) is 2.74. The molecule has 2 saturated heterocycles. The molecule has 0 aromatic carbocycles. The Morgan fingerprint density at radius 1 is 1.44 bits per heavy atom. The van der Waals surface area contributed by atoms with Crippen LogP contribution in [0.3, 0.4) is 0 Å². The van der Waals surface area contributed by atoms with E-state index in [2.05, 4.69) is 0 Å². The number of cyclic esters (lactones) is 1. The van der Waals surface area contributed by atoms with Gasteiger partial charge in [0.25, 0.3) is 5.91 Å². The van der Waals surface area contributed by atoms with E-state index in [4.69, 9.17) is 9.47 Å². The second-order valence-corrected chi connectivity index (χ2v) is 4.69. The zero-order valence-corrected chi connectivity index (χ0v) is 9.69. The van der Waals surface area contributed by atoms with Crippen LogP contribution in [0, 0.1) is 0 Å². The molecule has 16 heavy (non-hydrogen) atoms. The van der Waals surface area contributed by atoms with E-state index < -0.39 is 5.54 Å². The van der Waals surface area contributed by atoms with Gasteiger partial charge in [-0.05, 0) is 26.7 Å². The molecule has 0 bridgehead atoms. The van der Waals surface area contributed by atoms with Gasteiger partial charge in [0.1, 0.15) is 18.2 Å². The number of amides is 1. The van der Waals surface area contributed by atoms with Gasteiger partial charge in [-0.3, -0.25) is 4.79 Å². The van der Waals surface area contributed by atoms with Crippen molar-refractivity contribution in [3.63, 3.8) is 0 Å². The first-order valence-electron chi connectivity index (χ1n) is 5.64. The highest BCUT2D eigenvalue weighted by Crippen LogP contribution is 2.24. The van der Waals surface area contributed by atoms with Crippen molar-refractivity contribution in [1.82, 2.24) is 4.90 Å². The fourth-order valence-corrected chi connectivity index (χ4v) is 2.13. The zero-order chi connectivity index (χ0) is 11.8. The minimum absolute atomic E-state index is 0.0841. The molecule has 2 aliphatic rings. The normalized spacial score (nSPS) is 29.0. The Kier molecular flexibility index (Phi) is 2.88. The molecule has 0 saturated carbocycles. The predicted molar refractivity (Wildman–Crippen MR) is 55.7 cm³/mol. The van der Waals surface area contributed by atoms with Crippen molar-refractivity contribution >= 4 is 11.9 Å². The first kappa shape index (κ1) is 11.4. The molecule has 5 nitrogen and oxygen atoms in total. The van der Waals surface area contributed by atoms with Crippen molar-refractivity contribution in [2.24, 2.45) is 0 Å². The van der Waals surface area contributed by atoms with E-state index >= 15 is 0 Å². The van der Waals surface area contributed by atoms with Crippen LogP contribution >= 0.6 is 0 Å². The van der Waals surface area contributed by atoms with Crippen LogP contribution in [0.1, 0.15) is 26.7 Å². The molecule has 0 N–H and O–H groups in total. The van der Waals surface area contributed by atoms with Crippen LogP contribution < -0.4 is 0 Å². The summed E-state index contributed by atoms with van der Waals surface area (Å²) in [5, 5.41) is 0. The smallest absolute Gasteiger partial charge is 0.331 e. The Bertz CT molecular complexity index is 307. The second-order valence-electron chi connectivity index (χ2n) is 4.69. The van der Waals surface area contributed by atoms with Crippen LogP contribution in [0.2, 0.25) is 0 Å². The van der Waals surface area contributed by atoms with Gasteiger partial charge in [-0.15, -0.1) is 0 Å². The van der Waals surface area contributed by atoms with Crippen LogP contribution in [0.5, 0.6) is 0 Å². The molecule has 2 fully saturated rings. The fourth-order valence-electron chi connectivity index (χ4n) is 2.13. The molecule has 90 valence electrons. The minimum Gasteiger partial charge on any atom is -0.462 e. The largest absolute Gasteiger partial charge is 0.462 e. The number of esters is 1. The second kappa shape index (κ2) is 4.05. The summed E-state index contributed by atoms with van der Waals surface area (Å²) in [4.78, 5) is 25.3. The standard InChI is InChI=1S/C11H17NO4/c1-11(2)10(14)16-7-5-12(11)9(13)8-4-3-6-15-8/h8H,3-7H2,1-2H3/t8-/m0/s1. The number of rotatable bonds is 1. The van der Waals surface area contributed by atoms with E-state index in [1.165, 1.54) is 0 Å². The summed E-state index contributed by atoms with van der Waals surface area (Å²) in [7, 11) is 0. The third kappa shape index (κ3) is 1.80. The Balaban J connectivity index is 2.12. The number of morpholine rings is 1. The molecule has 1 amide bonds. The number of ether oxygens (including phenoxy) is 2. The van der Waals surface area contributed by atoms with E-state index in [-0.39, 0.29) is 24.6 Å². The summed E-state index contributed by atoms with van der Waals surface area (Å²) in [5.41, 5.74) is -0.874. The molecule has 0 radical (unpaired) electrons. The molecule has 0 aliphatic carbocycles. The molecule has 0 spiro atoms. The minimum atomic E-state index is -0.874. The van der Waals surface area contributed by atoms with Crippen molar-refractivity contribution in [2.45, 2.75) is 38.3 Å². The first-order chi connectivity index (χ1) is 7.53. The summed E-state index contributed by atoms with van der Waals surface area (Å²) >= 11 is 0. The van der Waals surface area contributed by atoms with Gasteiger partial charge in [0, 0.05) is 6.61 Å². The molecular weight excluding hydrogens is 210 g/mol. The summed E-state index contributed by atoms with van der Waals surface area (Å²) in [6, 6.07) is 0. The van der Waals surface area contributed by atoms with Crippen molar-refractivity contribution in [1.29, 1.82) is 0 Å². The lowest BCUT2D eigenvalue weighted by Gasteiger charge is -2.41. The maximum Gasteiger partial charge on any atom is 0.331 e. The van der Waals surface area contributed by atoms with Gasteiger partial charge in [-0.2, -0.15) is 0 Å². The SMILES string of the molecule is CC1(C)C(=O)OCCN1C(=O)[C@@H]1CCCO1. The van der Waals surface area contributed by atoms with E-state index in [1.807, 2.05) is 0 Å². The molecule has 2 rings (SSSR count). The molecule has 1 atom stereocenters. The van der Waals surface area contributed by atoms with Crippen molar-refractivity contribution in [2.75, 3.05) is 19.8 Å². The molecule has 0 aromatic rings. The predicted octanol–water partition coefficient (Wildman–Crippen LogP) is 0.329. The number of carbonyl (C=O) groups is 2. The number of carbonyl (C=O) groups excluding carboxylic acids is 2. The Labute approximate surface area is 94.7 Å². The summed E-state index contributed by atoms with van der Waals surface area (Å²) in [6.45, 7) is 4.79. The van der Waals surface area contributed by atoms with Gasteiger partial charge < -0.3 is 14.4 Å². The molecular formula is C11H17NO4. The van der Waals surface area contributed by atoms with Gasteiger partial charge in [-0.25, -0.2) is 4.79 Å². The van der Waals surface area contributed by atoms with Crippen LogP contribution in [0.15, 0.2) is 0 Å². The Morgan fingerprint density at radius 3 is 2.81 bits per heavy atom.